The van der Waals surface area contributed by atoms with Crippen molar-refractivity contribution in [2.75, 3.05) is 6.61 Å². The molecule has 0 radical (unpaired) electrons. The van der Waals surface area contributed by atoms with Crippen molar-refractivity contribution < 1.29 is 45.0 Å². The Bertz CT molecular complexity index is 592. The maximum atomic E-state index is 15.8. The molecule has 0 aromatic rings. The molecule has 0 aromatic carbocycles. The van der Waals surface area contributed by atoms with Crippen LogP contribution in [-0.2, 0) is 14.3 Å². The molecular formula is C18H25F7O3. The Morgan fingerprint density at radius 3 is 1.86 bits per heavy atom. The zero-order chi connectivity index (χ0) is 21.9. The number of alkyl halides is 7. The highest BCUT2D eigenvalue weighted by molar-refractivity contribution is 5.71. The van der Waals surface area contributed by atoms with E-state index in [1.54, 1.807) is 6.92 Å². The van der Waals surface area contributed by atoms with E-state index >= 15 is 4.39 Å². The van der Waals surface area contributed by atoms with Gasteiger partial charge in [-0.05, 0) is 57.3 Å². The van der Waals surface area contributed by atoms with Crippen molar-refractivity contribution in [1.29, 1.82) is 0 Å². The molecule has 0 aromatic heterocycles. The fraction of sp³-hybridized carbons (Fsp3) is 0.944. The topological polar surface area (TPSA) is 35.5 Å². The summed E-state index contributed by atoms with van der Waals surface area (Å²) in [4.78, 5) is 11.8. The van der Waals surface area contributed by atoms with Crippen LogP contribution in [0.25, 0.3) is 0 Å². The summed E-state index contributed by atoms with van der Waals surface area (Å²) in [5, 5.41) is 0. The van der Waals surface area contributed by atoms with Crippen molar-refractivity contribution in [1.82, 2.24) is 0 Å². The second kappa shape index (κ2) is 6.74. The van der Waals surface area contributed by atoms with Gasteiger partial charge in [0.25, 0.3) is 5.60 Å². The molecular weight excluding hydrogens is 397 g/mol. The van der Waals surface area contributed by atoms with Crippen LogP contribution in [0, 0.1) is 23.7 Å². The minimum atomic E-state index is -6.12. The first-order chi connectivity index (χ1) is 12.4. The van der Waals surface area contributed by atoms with E-state index in [0.29, 0.717) is 0 Å². The first kappa shape index (κ1) is 23.2. The zero-order valence-electron chi connectivity index (χ0n) is 16.3. The van der Waals surface area contributed by atoms with Crippen molar-refractivity contribution >= 4 is 5.97 Å². The summed E-state index contributed by atoms with van der Waals surface area (Å²) in [6.45, 7) is 5.65. The Kier molecular flexibility index (Phi) is 5.59. The Hall–Kier alpha value is -1.06. The average Bonchev–Trinajstić information content (AvgIpc) is 2.91. The van der Waals surface area contributed by atoms with Gasteiger partial charge in [-0.2, -0.15) is 26.3 Å². The fourth-order valence-electron chi connectivity index (χ4n) is 4.82. The number of carbonyl (C=O) groups is 1. The molecule has 0 heterocycles. The van der Waals surface area contributed by atoms with Crippen LogP contribution in [0.1, 0.15) is 47.5 Å². The molecule has 0 amide bonds. The number of halogens is 7. The normalized spacial score (nSPS) is 34.0. The van der Waals surface area contributed by atoms with Crippen molar-refractivity contribution in [3.63, 3.8) is 0 Å². The van der Waals surface area contributed by atoms with Gasteiger partial charge < -0.3 is 9.47 Å². The van der Waals surface area contributed by atoms with Gasteiger partial charge in [-0.15, -0.1) is 0 Å². The molecule has 164 valence electrons. The van der Waals surface area contributed by atoms with Crippen molar-refractivity contribution in [2.45, 2.75) is 76.7 Å². The lowest BCUT2D eigenvalue weighted by molar-refractivity contribution is -0.420. The Morgan fingerprint density at radius 1 is 1.00 bits per heavy atom. The van der Waals surface area contributed by atoms with Gasteiger partial charge in [-0.1, -0.05) is 13.8 Å². The summed E-state index contributed by atoms with van der Waals surface area (Å²) in [5.74, 6) is -4.40. The van der Waals surface area contributed by atoms with E-state index in [-0.39, 0.29) is 12.3 Å². The monoisotopic (exact) mass is 422 g/mol. The molecule has 0 spiro atoms. The third kappa shape index (κ3) is 3.50. The fourth-order valence-corrected chi connectivity index (χ4v) is 4.82. The van der Waals surface area contributed by atoms with Crippen LogP contribution in [0.5, 0.6) is 0 Å². The molecule has 5 atom stereocenters. The van der Waals surface area contributed by atoms with Crippen LogP contribution in [0.2, 0.25) is 0 Å². The van der Waals surface area contributed by atoms with E-state index in [9.17, 15) is 31.1 Å². The number of carbonyl (C=O) groups excluding carboxylic acids is 1. The average molecular weight is 422 g/mol. The van der Waals surface area contributed by atoms with Crippen LogP contribution < -0.4 is 0 Å². The lowest BCUT2D eigenvalue weighted by Gasteiger charge is -2.50. The highest BCUT2D eigenvalue weighted by Gasteiger charge is 2.86. The molecule has 2 aliphatic rings. The molecule has 2 saturated carbocycles. The number of hydrogen-bond donors (Lipinski definition) is 0. The van der Waals surface area contributed by atoms with Crippen LogP contribution in [0.4, 0.5) is 30.7 Å². The van der Waals surface area contributed by atoms with E-state index in [4.69, 9.17) is 4.74 Å². The quantitative estimate of drug-likeness (QED) is 0.460. The summed E-state index contributed by atoms with van der Waals surface area (Å²) >= 11 is 0. The number of ether oxygens (including phenoxy) is 2. The van der Waals surface area contributed by atoms with Gasteiger partial charge in [0, 0.05) is 0 Å². The highest BCUT2D eigenvalue weighted by Crippen LogP contribution is 2.67. The summed E-state index contributed by atoms with van der Waals surface area (Å²) in [5.41, 5.74) is -9.97. The third-order valence-corrected chi connectivity index (χ3v) is 6.12. The van der Waals surface area contributed by atoms with Gasteiger partial charge in [-0.25, -0.2) is 9.18 Å². The SMILES string of the molecule is CC1C2CC(C1C)C(F)(C(OCC(=O)OC(C)(C)C)(C(F)(F)F)C(F)(F)F)C2. The first-order valence-corrected chi connectivity index (χ1v) is 9.05. The van der Waals surface area contributed by atoms with Gasteiger partial charge in [0.15, 0.2) is 5.67 Å². The molecule has 2 fully saturated rings. The minimum absolute atomic E-state index is 0.0808. The molecule has 28 heavy (non-hydrogen) atoms. The summed E-state index contributed by atoms with van der Waals surface area (Å²) in [7, 11) is 0. The van der Waals surface area contributed by atoms with Crippen LogP contribution in [0.15, 0.2) is 0 Å². The zero-order valence-corrected chi connectivity index (χ0v) is 16.3. The van der Waals surface area contributed by atoms with Crippen molar-refractivity contribution in [3.05, 3.63) is 0 Å². The summed E-state index contributed by atoms with van der Waals surface area (Å²) in [6.07, 6.45) is -13.2. The third-order valence-electron chi connectivity index (χ3n) is 6.12. The van der Waals surface area contributed by atoms with E-state index in [1.165, 1.54) is 27.7 Å². The van der Waals surface area contributed by atoms with Gasteiger partial charge in [0.2, 0.25) is 0 Å². The maximum Gasteiger partial charge on any atom is 0.429 e. The number of esters is 1. The summed E-state index contributed by atoms with van der Waals surface area (Å²) < 4.78 is 108. The van der Waals surface area contributed by atoms with Gasteiger partial charge in [0.05, 0.1) is 0 Å². The number of rotatable bonds is 4. The smallest absolute Gasteiger partial charge is 0.429 e. The van der Waals surface area contributed by atoms with Crippen LogP contribution >= 0.6 is 0 Å². The molecule has 2 bridgehead atoms. The molecule has 10 heteroatoms. The molecule has 3 nitrogen and oxygen atoms in total. The second-order valence-electron chi connectivity index (χ2n) is 8.94. The minimum Gasteiger partial charge on any atom is -0.458 e. The molecule has 0 aliphatic heterocycles. The van der Waals surface area contributed by atoms with Gasteiger partial charge in [-0.3, -0.25) is 0 Å². The lowest BCUT2D eigenvalue weighted by Crippen LogP contribution is -2.73. The molecule has 2 aliphatic carbocycles. The van der Waals surface area contributed by atoms with Crippen LogP contribution in [0.3, 0.4) is 0 Å². The molecule has 2 rings (SSSR count). The number of hydrogen-bond acceptors (Lipinski definition) is 3. The Balaban J connectivity index is 2.48. The van der Waals surface area contributed by atoms with Crippen molar-refractivity contribution in [2.24, 2.45) is 23.7 Å². The second-order valence-corrected chi connectivity index (χ2v) is 8.94. The molecule has 0 saturated heterocycles. The largest absolute Gasteiger partial charge is 0.458 e. The Labute approximate surface area is 158 Å². The first-order valence-electron chi connectivity index (χ1n) is 9.05. The van der Waals surface area contributed by atoms with E-state index < -0.39 is 66.0 Å². The van der Waals surface area contributed by atoms with Crippen LogP contribution in [-0.4, -0.2) is 41.8 Å². The van der Waals surface area contributed by atoms with E-state index in [0.717, 1.165) is 0 Å². The van der Waals surface area contributed by atoms with E-state index in [1.807, 2.05) is 0 Å². The van der Waals surface area contributed by atoms with Gasteiger partial charge >= 0.3 is 18.3 Å². The highest BCUT2D eigenvalue weighted by atomic mass is 19.4. The molecule has 0 N–H and O–H groups in total. The van der Waals surface area contributed by atoms with Crippen molar-refractivity contribution in [3.8, 4) is 0 Å². The maximum absolute atomic E-state index is 15.8. The van der Waals surface area contributed by atoms with Gasteiger partial charge in [0.1, 0.15) is 12.2 Å². The predicted octanol–water partition coefficient (Wildman–Crippen LogP) is 5.23. The van der Waals surface area contributed by atoms with E-state index in [2.05, 4.69) is 4.74 Å². The predicted molar refractivity (Wildman–Crippen MR) is 85.0 cm³/mol. The Morgan fingerprint density at radius 2 is 1.50 bits per heavy atom. The summed E-state index contributed by atoms with van der Waals surface area (Å²) in [6, 6.07) is 0. The lowest BCUT2D eigenvalue weighted by atomic mass is 9.66. The molecule has 5 unspecified atom stereocenters. The standard InChI is InChI=1S/C18H25F7O3/c1-9-10(2)12-6-11(9)7-15(12,19)16(17(20,21)22,18(23,24)25)27-8-13(26)28-14(3,4)5/h9-12H,6-8H2,1-5H3. The number of fused-ring (bicyclic) bond motifs is 2.